The highest BCUT2D eigenvalue weighted by Crippen LogP contribution is 2.37. The van der Waals surface area contributed by atoms with Gasteiger partial charge in [0.25, 0.3) is 0 Å². The monoisotopic (exact) mass is 368 g/mol. The number of hydrogen-bond acceptors (Lipinski definition) is 3. The quantitative estimate of drug-likeness (QED) is 0.776. The molecule has 5 heteroatoms. The number of nitrogens with one attached hydrogen (secondary N) is 2. The van der Waals surface area contributed by atoms with Gasteiger partial charge in [-0.1, -0.05) is 28.1 Å². The highest BCUT2D eigenvalue weighted by atomic mass is 79.9. The van der Waals surface area contributed by atoms with Gasteiger partial charge in [-0.3, -0.25) is 0 Å². The smallest absolute Gasteiger partial charge is 0.407 e. The lowest BCUT2D eigenvalue weighted by Crippen LogP contribution is -2.44. The lowest BCUT2D eigenvalue weighted by atomic mass is 9.76. The molecule has 0 saturated heterocycles. The zero-order valence-corrected chi connectivity index (χ0v) is 15.1. The third-order valence-electron chi connectivity index (χ3n) is 3.71. The van der Waals surface area contributed by atoms with Crippen molar-refractivity contribution in [3.05, 3.63) is 34.3 Å². The van der Waals surface area contributed by atoms with Crippen molar-refractivity contribution in [1.82, 2.24) is 10.6 Å². The van der Waals surface area contributed by atoms with Crippen LogP contribution in [0, 0.1) is 0 Å². The lowest BCUT2D eigenvalue weighted by molar-refractivity contribution is 0.0527. The molecule has 0 aliphatic heterocycles. The van der Waals surface area contributed by atoms with Gasteiger partial charge in [0.1, 0.15) is 5.60 Å². The van der Waals surface area contributed by atoms with Gasteiger partial charge in [0.05, 0.1) is 0 Å². The van der Waals surface area contributed by atoms with E-state index >= 15 is 0 Å². The zero-order chi connectivity index (χ0) is 16.2. The van der Waals surface area contributed by atoms with Crippen LogP contribution in [0.5, 0.6) is 0 Å². The first-order valence-corrected chi connectivity index (χ1v) is 8.58. The van der Waals surface area contributed by atoms with Crippen molar-refractivity contribution in [2.24, 2.45) is 0 Å². The van der Waals surface area contributed by atoms with E-state index < -0.39 is 5.60 Å². The van der Waals surface area contributed by atoms with Crippen LogP contribution in [0.25, 0.3) is 0 Å². The second-order valence-corrected chi connectivity index (χ2v) is 7.72. The fourth-order valence-electron chi connectivity index (χ4n) is 2.55. The second-order valence-electron chi connectivity index (χ2n) is 6.80. The maximum absolute atomic E-state index is 11.5. The summed E-state index contributed by atoms with van der Waals surface area (Å²) in [6, 6.07) is 9.13. The Kier molecular flexibility index (Phi) is 5.87. The van der Waals surface area contributed by atoms with Crippen LogP contribution in [-0.2, 0) is 4.74 Å². The minimum absolute atomic E-state index is 0.351. The number of rotatable bonds is 5. The molecule has 4 nitrogen and oxygen atoms in total. The molecular weight excluding hydrogens is 344 g/mol. The maximum Gasteiger partial charge on any atom is 0.407 e. The highest BCUT2D eigenvalue weighted by molar-refractivity contribution is 9.10. The van der Waals surface area contributed by atoms with Crippen LogP contribution in [0.4, 0.5) is 4.79 Å². The normalized spacial score (nSPS) is 21.1. The molecule has 0 bridgehead atoms. The van der Waals surface area contributed by atoms with Crippen LogP contribution in [-0.4, -0.2) is 30.8 Å². The molecule has 1 aliphatic rings. The molecule has 0 spiro atoms. The van der Waals surface area contributed by atoms with Crippen LogP contribution >= 0.6 is 15.9 Å². The summed E-state index contributed by atoms with van der Waals surface area (Å²) >= 11 is 3.46. The first kappa shape index (κ1) is 17.3. The third-order valence-corrected chi connectivity index (χ3v) is 4.23. The number of amides is 1. The molecule has 0 unspecified atom stereocenters. The molecule has 0 radical (unpaired) electrons. The number of carbonyl (C=O) groups is 1. The summed E-state index contributed by atoms with van der Waals surface area (Å²) < 4.78 is 6.31. The van der Waals surface area contributed by atoms with Gasteiger partial charge in [0.2, 0.25) is 0 Å². The van der Waals surface area contributed by atoms with Crippen molar-refractivity contribution in [3.63, 3.8) is 0 Å². The van der Waals surface area contributed by atoms with Crippen LogP contribution in [0.3, 0.4) is 0 Å². The number of alkyl carbamates (subject to hydrolysis) is 1. The van der Waals surface area contributed by atoms with Crippen molar-refractivity contribution < 1.29 is 9.53 Å². The Morgan fingerprint density at radius 2 is 1.86 bits per heavy atom. The molecular formula is C17H25BrN2O2. The van der Waals surface area contributed by atoms with Gasteiger partial charge in [0.15, 0.2) is 0 Å². The van der Waals surface area contributed by atoms with Crippen molar-refractivity contribution in [2.75, 3.05) is 13.1 Å². The first-order chi connectivity index (χ1) is 10.3. The van der Waals surface area contributed by atoms with E-state index in [-0.39, 0.29) is 6.09 Å². The van der Waals surface area contributed by atoms with E-state index in [2.05, 4.69) is 50.8 Å². The van der Waals surface area contributed by atoms with E-state index in [1.807, 2.05) is 20.8 Å². The number of ether oxygens (including phenoxy) is 1. The Bertz CT molecular complexity index is 490. The van der Waals surface area contributed by atoms with Gasteiger partial charge in [-0.2, -0.15) is 0 Å². The standard InChI is InChI=1S/C17H25BrN2O2/c1-17(2,3)22-16(21)20-9-8-19-15-10-13(11-15)12-4-6-14(18)7-5-12/h4-7,13,15,19H,8-11H2,1-3H3,(H,20,21). The summed E-state index contributed by atoms with van der Waals surface area (Å²) in [5.41, 5.74) is 0.969. The second kappa shape index (κ2) is 7.47. The van der Waals surface area contributed by atoms with Crippen LogP contribution in [0.15, 0.2) is 28.7 Å². The maximum atomic E-state index is 11.5. The molecule has 0 heterocycles. The van der Waals surface area contributed by atoms with Crippen molar-refractivity contribution >= 4 is 22.0 Å². The SMILES string of the molecule is CC(C)(C)OC(=O)NCCNC1CC(c2ccc(Br)cc2)C1. The van der Waals surface area contributed by atoms with Crippen molar-refractivity contribution in [2.45, 2.75) is 51.2 Å². The van der Waals surface area contributed by atoms with E-state index in [4.69, 9.17) is 4.74 Å². The topological polar surface area (TPSA) is 50.4 Å². The molecule has 0 atom stereocenters. The van der Waals surface area contributed by atoms with Gasteiger partial charge in [-0.05, 0) is 57.2 Å². The average molecular weight is 369 g/mol. The van der Waals surface area contributed by atoms with Crippen LogP contribution in [0.2, 0.25) is 0 Å². The van der Waals surface area contributed by atoms with E-state index in [9.17, 15) is 4.79 Å². The largest absolute Gasteiger partial charge is 0.444 e. The fourth-order valence-corrected chi connectivity index (χ4v) is 2.81. The van der Waals surface area contributed by atoms with Crippen LogP contribution in [0.1, 0.15) is 45.1 Å². The molecule has 2 rings (SSSR count). The van der Waals surface area contributed by atoms with Gasteiger partial charge < -0.3 is 15.4 Å². The Hall–Kier alpha value is -1.07. The summed E-state index contributed by atoms with van der Waals surface area (Å²) in [4.78, 5) is 11.5. The summed E-state index contributed by atoms with van der Waals surface area (Å²) in [5.74, 6) is 0.657. The Labute approximate surface area is 141 Å². The van der Waals surface area contributed by atoms with E-state index in [1.165, 1.54) is 5.56 Å². The zero-order valence-electron chi connectivity index (χ0n) is 13.5. The van der Waals surface area contributed by atoms with E-state index in [0.717, 1.165) is 23.9 Å². The summed E-state index contributed by atoms with van der Waals surface area (Å²) in [7, 11) is 0. The minimum atomic E-state index is -0.441. The van der Waals surface area contributed by atoms with Crippen LogP contribution < -0.4 is 10.6 Å². The molecule has 1 saturated carbocycles. The summed E-state index contributed by atoms with van der Waals surface area (Å²) in [5, 5.41) is 6.23. The summed E-state index contributed by atoms with van der Waals surface area (Å²) in [6.07, 6.45) is 1.97. The molecule has 1 amide bonds. The Balaban J connectivity index is 1.57. The molecule has 1 aliphatic carbocycles. The third kappa shape index (κ3) is 5.61. The molecule has 2 N–H and O–H groups in total. The highest BCUT2D eigenvalue weighted by Gasteiger charge is 2.29. The Morgan fingerprint density at radius 3 is 2.45 bits per heavy atom. The van der Waals surface area contributed by atoms with Crippen molar-refractivity contribution in [1.29, 1.82) is 0 Å². The number of halogens is 1. The first-order valence-electron chi connectivity index (χ1n) is 7.79. The predicted molar refractivity (Wildman–Crippen MR) is 92.1 cm³/mol. The van der Waals surface area contributed by atoms with Gasteiger partial charge in [-0.15, -0.1) is 0 Å². The average Bonchev–Trinajstić information content (AvgIpc) is 2.36. The Morgan fingerprint density at radius 1 is 1.23 bits per heavy atom. The molecule has 1 aromatic carbocycles. The van der Waals surface area contributed by atoms with Gasteiger partial charge in [-0.25, -0.2) is 4.79 Å². The number of carbonyl (C=O) groups excluding carboxylic acids is 1. The van der Waals surface area contributed by atoms with E-state index in [1.54, 1.807) is 0 Å². The predicted octanol–water partition coefficient (Wildman–Crippen LogP) is 3.81. The molecule has 1 aromatic rings. The fraction of sp³-hybridized carbons (Fsp3) is 0.588. The summed E-state index contributed by atoms with van der Waals surface area (Å²) in [6.45, 7) is 6.95. The lowest BCUT2D eigenvalue weighted by Gasteiger charge is -2.36. The van der Waals surface area contributed by atoms with Crippen molar-refractivity contribution in [3.8, 4) is 0 Å². The van der Waals surface area contributed by atoms with E-state index in [0.29, 0.717) is 18.5 Å². The molecule has 22 heavy (non-hydrogen) atoms. The number of benzene rings is 1. The molecule has 122 valence electrons. The molecule has 1 fully saturated rings. The molecule has 0 aromatic heterocycles. The minimum Gasteiger partial charge on any atom is -0.444 e. The van der Waals surface area contributed by atoms with Gasteiger partial charge in [0, 0.05) is 23.6 Å². The number of hydrogen-bond donors (Lipinski definition) is 2. The van der Waals surface area contributed by atoms with Gasteiger partial charge >= 0.3 is 6.09 Å².